The second kappa shape index (κ2) is 10.1. The number of carbonyl (C=O) groups excluding carboxylic acids is 1. The van der Waals surface area contributed by atoms with E-state index in [2.05, 4.69) is 58.6 Å². The van der Waals surface area contributed by atoms with Gasteiger partial charge in [-0.3, -0.25) is 0 Å². The zero-order valence-corrected chi connectivity index (χ0v) is 15.8. The van der Waals surface area contributed by atoms with Crippen LogP contribution in [0.4, 0.5) is 0 Å². The highest BCUT2D eigenvalue weighted by Crippen LogP contribution is 2.39. The van der Waals surface area contributed by atoms with Crippen LogP contribution < -0.4 is 0 Å². The van der Waals surface area contributed by atoms with Crippen molar-refractivity contribution < 1.29 is 4.79 Å². The fourth-order valence-electron chi connectivity index (χ4n) is 3.47. The smallest absolute Gasteiger partial charge is 0.124 e. The first-order chi connectivity index (χ1) is 11.5. The van der Waals surface area contributed by atoms with Crippen molar-refractivity contribution in [1.82, 2.24) is 0 Å². The van der Waals surface area contributed by atoms with Gasteiger partial charge in [-0.25, -0.2) is 0 Å². The standard InChI is InChI=1S/C23H32O/c1-6-11-22(23(7-2,8-3)9-4)17-19(5)16-21-13-10-12-20(18-21)14-15-24/h6,10-13,15,17-18H,1,7-9,14,16H2,2-5H3/b19-17-,22-11+. The SMILES string of the molecule is C=C/C=C(\C=C(\C)Cc1cccc(CC=O)c1)C(CC)(CC)CC. The summed E-state index contributed by atoms with van der Waals surface area (Å²) in [5, 5.41) is 0. The molecule has 0 saturated carbocycles. The van der Waals surface area contributed by atoms with E-state index in [1.54, 1.807) is 0 Å². The van der Waals surface area contributed by atoms with Gasteiger partial charge in [-0.1, -0.05) is 75.4 Å². The molecule has 0 fully saturated rings. The highest BCUT2D eigenvalue weighted by molar-refractivity contribution is 5.55. The molecule has 0 aliphatic heterocycles. The van der Waals surface area contributed by atoms with Crippen LogP contribution in [0, 0.1) is 5.41 Å². The molecule has 0 N–H and O–H groups in total. The summed E-state index contributed by atoms with van der Waals surface area (Å²) < 4.78 is 0. The predicted molar refractivity (Wildman–Crippen MR) is 105 cm³/mol. The van der Waals surface area contributed by atoms with Gasteiger partial charge in [0, 0.05) is 6.42 Å². The molecule has 0 aliphatic rings. The molecule has 0 heterocycles. The van der Waals surface area contributed by atoms with Gasteiger partial charge < -0.3 is 4.79 Å². The maximum Gasteiger partial charge on any atom is 0.124 e. The van der Waals surface area contributed by atoms with Gasteiger partial charge >= 0.3 is 0 Å². The Morgan fingerprint density at radius 1 is 1.12 bits per heavy atom. The van der Waals surface area contributed by atoms with Gasteiger partial charge in [0.25, 0.3) is 0 Å². The third kappa shape index (κ3) is 5.33. The molecule has 0 aromatic heterocycles. The number of hydrogen-bond donors (Lipinski definition) is 0. The van der Waals surface area contributed by atoms with Crippen molar-refractivity contribution in [2.75, 3.05) is 0 Å². The first-order valence-electron chi connectivity index (χ1n) is 9.07. The van der Waals surface area contributed by atoms with E-state index in [0.717, 1.165) is 37.5 Å². The molecule has 130 valence electrons. The molecule has 1 nitrogen and oxygen atoms in total. The lowest BCUT2D eigenvalue weighted by Gasteiger charge is -2.32. The first-order valence-corrected chi connectivity index (χ1v) is 9.07. The van der Waals surface area contributed by atoms with Gasteiger partial charge in [-0.05, 0) is 54.7 Å². The van der Waals surface area contributed by atoms with Gasteiger partial charge in [0.05, 0.1) is 0 Å². The zero-order valence-electron chi connectivity index (χ0n) is 15.8. The minimum absolute atomic E-state index is 0.231. The van der Waals surface area contributed by atoms with Crippen LogP contribution in [-0.4, -0.2) is 6.29 Å². The lowest BCUT2D eigenvalue weighted by Crippen LogP contribution is -2.20. The van der Waals surface area contributed by atoms with Crippen LogP contribution in [0.15, 0.2) is 60.2 Å². The Bertz CT molecular complexity index is 592. The third-order valence-electron chi connectivity index (χ3n) is 5.14. The fraction of sp³-hybridized carbons (Fsp3) is 0.435. The quantitative estimate of drug-likeness (QED) is 0.367. The van der Waals surface area contributed by atoms with Crippen molar-refractivity contribution in [1.29, 1.82) is 0 Å². The van der Waals surface area contributed by atoms with Gasteiger partial charge in [0.2, 0.25) is 0 Å². The van der Waals surface area contributed by atoms with E-state index in [9.17, 15) is 4.79 Å². The summed E-state index contributed by atoms with van der Waals surface area (Å²) in [6, 6.07) is 8.32. The normalized spacial score (nSPS) is 13.0. The minimum atomic E-state index is 0.231. The molecule has 1 rings (SSSR count). The second-order valence-corrected chi connectivity index (χ2v) is 6.56. The van der Waals surface area contributed by atoms with E-state index in [1.807, 2.05) is 18.2 Å². The highest BCUT2D eigenvalue weighted by Gasteiger charge is 2.27. The van der Waals surface area contributed by atoms with E-state index in [4.69, 9.17) is 0 Å². The lowest BCUT2D eigenvalue weighted by molar-refractivity contribution is -0.107. The third-order valence-corrected chi connectivity index (χ3v) is 5.14. The highest BCUT2D eigenvalue weighted by atomic mass is 16.1. The van der Waals surface area contributed by atoms with Crippen LogP contribution in [0.5, 0.6) is 0 Å². The van der Waals surface area contributed by atoms with Gasteiger partial charge in [0.1, 0.15) is 6.29 Å². The summed E-state index contributed by atoms with van der Waals surface area (Å²) in [5.74, 6) is 0. The molecule has 1 aromatic carbocycles. The average Bonchev–Trinajstić information content (AvgIpc) is 2.57. The van der Waals surface area contributed by atoms with Crippen LogP contribution in [0.25, 0.3) is 0 Å². The molecule has 0 unspecified atom stereocenters. The summed E-state index contributed by atoms with van der Waals surface area (Å²) in [6.07, 6.45) is 12.2. The molecule has 0 spiro atoms. The molecule has 0 aliphatic carbocycles. The molecule has 0 bridgehead atoms. The topological polar surface area (TPSA) is 17.1 Å². The van der Waals surface area contributed by atoms with Crippen molar-refractivity contribution in [2.45, 2.75) is 59.8 Å². The predicted octanol–water partition coefficient (Wildman–Crippen LogP) is 6.25. The molecule has 0 saturated heterocycles. The Labute approximate surface area is 148 Å². The van der Waals surface area contributed by atoms with Crippen molar-refractivity contribution in [2.24, 2.45) is 5.41 Å². The Morgan fingerprint density at radius 2 is 1.75 bits per heavy atom. The van der Waals surface area contributed by atoms with Crippen molar-refractivity contribution in [3.63, 3.8) is 0 Å². The minimum Gasteiger partial charge on any atom is -0.303 e. The number of aldehydes is 1. The Kier molecular flexibility index (Phi) is 8.46. The maximum atomic E-state index is 10.7. The van der Waals surface area contributed by atoms with Crippen molar-refractivity contribution in [3.8, 4) is 0 Å². The van der Waals surface area contributed by atoms with Crippen molar-refractivity contribution >= 4 is 6.29 Å². The molecule has 1 heteroatoms. The number of benzene rings is 1. The average molecular weight is 325 g/mol. The van der Waals surface area contributed by atoms with Crippen LogP contribution in [0.3, 0.4) is 0 Å². The summed E-state index contributed by atoms with van der Waals surface area (Å²) in [7, 11) is 0. The Balaban J connectivity index is 3.07. The van der Waals surface area contributed by atoms with Gasteiger partial charge in [0.15, 0.2) is 0 Å². The molecule has 1 aromatic rings. The Hall–Kier alpha value is -1.89. The van der Waals surface area contributed by atoms with Crippen LogP contribution in [0.2, 0.25) is 0 Å². The largest absolute Gasteiger partial charge is 0.303 e. The molecular formula is C23H32O. The molecular weight excluding hydrogens is 292 g/mol. The van der Waals surface area contributed by atoms with Crippen LogP contribution in [0.1, 0.15) is 58.1 Å². The van der Waals surface area contributed by atoms with E-state index in [-0.39, 0.29) is 5.41 Å². The Morgan fingerprint density at radius 3 is 2.29 bits per heavy atom. The summed E-state index contributed by atoms with van der Waals surface area (Å²) in [6.45, 7) is 12.9. The van der Waals surface area contributed by atoms with E-state index >= 15 is 0 Å². The first kappa shape index (κ1) is 20.2. The molecule has 0 radical (unpaired) electrons. The fourth-order valence-corrected chi connectivity index (χ4v) is 3.47. The lowest BCUT2D eigenvalue weighted by atomic mass is 9.72. The van der Waals surface area contributed by atoms with Gasteiger partial charge in [-0.2, -0.15) is 0 Å². The molecule has 0 amide bonds. The number of allylic oxidation sites excluding steroid dienone is 5. The zero-order chi connectivity index (χ0) is 18.0. The molecule has 0 atom stereocenters. The summed E-state index contributed by atoms with van der Waals surface area (Å²) in [4.78, 5) is 10.7. The summed E-state index contributed by atoms with van der Waals surface area (Å²) in [5.41, 5.74) is 5.30. The second-order valence-electron chi connectivity index (χ2n) is 6.56. The number of carbonyl (C=O) groups is 1. The van der Waals surface area contributed by atoms with E-state index in [1.165, 1.54) is 16.7 Å². The van der Waals surface area contributed by atoms with E-state index < -0.39 is 0 Å². The van der Waals surface area contributed by atoms with E-state index in [0.29, 0.717) is 6.42 Å². The maximum absolute atomic E-state index is 10.7. The number of rotatable bonds is 10. The monoisotopic (exact) mass is 324 g/mol. The molecule has 24 heavy (non-hydrogen) atoms. The van der Waals surface area contributed by atoms with Crippen molar-refractivity contribution in [3.05, 3.63) is 71.3 Å². The number of hydrogen-bond acceptors (Lipinski definition) is 1. The summed E-state index contributed by atoms with van der Waals surface area (Å²) >= 11 is 0. The van der Waals surface area contributed by atoms with Crippen LogP contribution in [-0.2, 0) is 17.6 Å². The van der Waals surface area contributed by atoms with Gasteiger partial charge in [-0.15, -0.1) is 0 Å². The van der Waals surface area contributed by atoms with Crippen LogP contribution >= 0.6 is 0 Å².